The number of benzene rings is 1. The first kappa shape index (κ1) is 19.1. The van der Waals surface area contributed by atoms with Gasteiger partial charge in [0.1, 0.15) is 0 Å². The number of rotatable bonds is 2. The van der Waals surface area contributed by atoms with Crippen LogP contribution in [0.1, 0.15) is 74.5 Å². The second-order valence-corrected chi connectivity index (χ2v) is 9.34. The van der Waals surface area contributed by atoms with Crippen LogP contribution >= 0.6 is 0 Å². The second-order valence-electron chi connectivity index (χ2n) is 9.34. The monoisotopic (exact) mass is 379 g/mol. The van der Waals surface area contributed by atoms with Gasteiger partial charge in [0.15, 0.2) is 11.9 Å². The fourth-order valence-corrected chi connectivity index (χ4v) is 4.62. The van der Waals surface area contributed by atoms with Crippen LogP contribution < -0.4 is 0 Å². The lowest BCUT2D eigenvalue weighted by molar-refractivity contribution is -0.129. The van der Waals surface area contributed by atoms with E-state index < -0.39 is 6.10 Å². The summed E-state index contributed by atoms with van der Waals surface area (Å²) in [7, 11) is 0. The van der Waals surface area contributed by atoms with Crippen molar-refractivity contribution in [2.75, 3.05) is 0 Å². The first-order chi connectivity index (χ1) is 13.3. The Morgan fingerprint density at radius 2 is 1.89 bits per heavy atom. The second kappa shape index (κ2) is 7.31. The summed E-state index contributed by atoms with van der Waals surface area (Å²) in [5.74, 6) is 0.190. The van der Waals surface area contributed by atoms with Crippen molar-refractivity contribution in [2.24, 2.45) is 11.3 Å². The number of ketones is 1. The van der Waals surface area contributed by atoms with Gasteiger partial charge in [0.2, 0.25) is 0 Å². The van der Waals surface area contributed by atoms with Crippen molar-refractivity contribution in [1.29, 1.82) is 0 Å². The van der Waals surface area contributed by atoms with Crippen molar-refractivity contribution in [2.45, 2.75) is 71.8 Å². The Morgan fingerprint density at radius 3 is 2.64 bits per heavy atom. The maximum Gasteiger partial charge on any atom is 0.339 e. The van der Waals surface area contributed by atoms with Gasteiger partial charge in [-0.1, -0.05) is 39.0 Å². The lowest BCUT2D eigenvalue weighted by Crippen LogP contribution is -2.32. The quantitative estimate of drug-likeness (QED) is 0.685. The molecule has 2 aromatic rings. The molecule has 2 atom stereocenters. The molecule has 0 bridgehead atoms. The molecule has 1 aromatic heterocycles. The highest BCUT2D eigenvalue weighted by Crippen LogP contribution is 2.39. The number of hydrogen-bond donors (Lipinski definition) is 0. The maximum atomic E-state index is 13.3. The molecule has 4 rings (SSSR count). The minimum atomic E-state index is -0.592. The zero-order valence-corrected chi connectivity index (χ0v) is 17.1. The van der Waals surface area contributed by atoms with Gasteiger partial charge >= 0.3 is 5.97 Å². The smallest absolute Gasteiger partial charge is 0.339 e. The van der Waals surface area contributed by atoms with Crippen molar-refractivity contribution in [3.8, 4) is 0 Å². The molecule has 148 valence electrons. The Kier molecular flexibility index (Phi) is 4.98. The summed E-state index contributed by atoms with van der Waals surface area (Å²) in [6, 6.07) is 7.78. The molecule has 0 unspecified atom stereocenters. The Bertz CT molecular complexity index is 925. The molecule has 4 heteroatoms. The van der Waals surface area contributed by atoms with Gasteiger partial charge in [-0.05, 0) is 61.5 Å². The summed E-state index contributed by atoms with van der Waals surface area (Å²) >= 11 is 0. The molecule has 4 nitrogen and oxygen atoms in total. The largest absolute Gasteiger partial charge is 0.451 e. The summed E-state index contributed by atoms with van der Waals surface area (Å²) in [6.07, 6.45) is 5.19. The van der Waals surface area contributed by atoms with Gasteiger partial charge in [-0.3, -0.25) is 9.78 Å². The summed E-state index contributed by atoms with van der Waals surface area (Å²) in [6.45, 7) is 6.78. The van der Waals surface area contributed by atoms with Crippen LogP contribution in [-0.4, -0.2) is 22.8 Å². The normalized spacial score (nSPS) is 22.8. The molecule has 1 heterocycles. The van der Waals surface area contributed by atoms with Gasteiger partial charge < -0.3 is 4.74 Å². The van der Waals surface area contributed by atoms with Gasteiger partial charge in [-0.25, -0.2) is 4.79 Å². The summed E-state index contributed by atoms with van der Waals surface area (Å²) in [4.78, 5) is 30.4. The van der Waals surface area contributed by atoms with Crippen LogP contribution in [0.5, 0.6) is 0 Å². The highest BCUT2D eigenvalue weighted by atomic mass is 16.5. The van der Waals surface area contributed by atoms with E-state index in [1.54, 1.807) is 0 Å². The Balaban J connectivity index is 1.77. The Labute approximate surface area is 166 Å². The first-order valence-electron chi connectivity index (χ1n) is 10.5. The Hall–Kier alpha value is -2.23. The molecular formula is C24H29NO3. The number of aromatic nitrogens is 1. The van der Waals surface area contributed by atoms with Crippen LogP contribution in [0.15, 0.2) is 24.3 Å². The van der Waals surface area contributed by atoms with E-state index in [2.05, 4.69) is 20.8 Å². The minimum Gasteiger partial charge on any atom is -0.451 e. The summed E-state index contributed by atoms with van der Waals surface area (Å²) in [5, 5.41) is 0.837. The topological polar surface area (TPSA) is 56.3 Å². The lowest BCUT2D eigenvalue weighted by Gasteiger charge is -2.35. The Morgan fingerprint density at radius 1 is 1.11 bits per heavy atom. The third-order valence-corrected chi connectivity index (χ3v) is 6.44. The number of carbonyl (C=O) groups excluding carboxylic acids is 2. The number of hydrogen-bond acceptors (Lipinski definition) is 4. The van der Waals surface area contributed by atoms with Gasteiger partial charge in [0.25, 0.3) is 0 Å². The molecule has 1 saturated carbocycles. The fourth-order valence-electron chi connectivity index (χ4n) is 4.62. The third kappa shape index (κ3) is 3.57. The number of ether oxygens (including phenoxy) is 1. The van der Waals surface area contributed by atoms with Crippen molar-refractivity contribution in [3.63, 3.8) is 0 Å². The molecule has 1 fully saturated rings. The van der Waals surface area contributed by atoms with Crippen molar-refractivity contribution >= 4 is 22.7 Å². The van der Waals surface area contributed by atoms with Gasteiger partial charge in [0.05, 0.1) is 11.1 Å². The average molecular weight is 380 g/mol. The molecule has 0 aliphatic heterocycles. The zero-order valence-electron chi connectivity index (χ0n) is 17.1. The predicted octanol–water partition coefficient (Wildman–Crippen LogP) is 5.05. The molecule has 0 radical (unpaired) electrons. The number of nitrogens with zero attached hydrogens (tertiary/aromatic N) is 1. The summed E-state index contributed by atoms with van der Waals surface area (Å²) < 4.78 is 5.77. The van der Waals surface area contributed by atoms with Crippen LogP contribution in [-0.2, 0) is 22.4 Å². The van der Waals surface area contributed by atoms with Gasteiger partial charge in [-0.15, -0.1) is 0 Å². The molecular weight excluding hydrogens is 350 g/mol. The molecule has 0 spiro atoms. The van der Waals surface area contributed by atoms with Crippen LogP contribution in [0.3, 0.4) is 0 Å². The van der Waals surface area contributed by atoms with Crippen molar-refractivity contribution < 1.29 is 14.3 Å². The first-order valence-corrected chi connectivity index (χ1v) is 10.5. The van der Waals surface area contributed by atoms with E-state index in [1.165, 1.54) is 0 Å². The number of esters is 1. The number of aryl methyl sites for hydroxylation is 1. The molecule has 2 aliphatic carbocycles. The van der Waals surface area contributed by atoms with E-state index in [1.807, 2.05) is 24.3 Å². The number of fused-ring (bicyclic) bond motifs is 2. The third-order valence-electron chi connectivity index (χ3n) is 6.44. The summed E-state index contributed by atoms with van der Waals surface area (Å²) in [5.41, 5.74) is 3.67. The van der Waals surface area contributed by atoms with Gasteiger partial charge in [0, 0.05) is 17.5 Å². The SMILES string of the molecule is CC(C)(C)[C@H]1CCc2nc3ccccc3c(C(=O)O[C@@H]3CCCCC3=O)c2C1. The minimum absolute atomic E-state index is 0.0550. The highest BCUT2D eigenvalue weighted by Gasteiger charge is 2.34. The molecule has 0 saturated heterocycles. The average Bonchev–Trinajstić information content (AvgIpc) is 2.66. The number of para-hydroxylation sites is 1. The number of carbonyl (C=O) groups is 2. The van der Waals surface area contributed by atoms with Crippen molar-refractivity contribution in [3.05, 3.63) is 41.1 Å². The van der Waals surface area contributed by atoms with E-state index in [0.29, 0.717) is 24.3 Å². The molecule has 0 amide bonds. The standard InChI is InChI=1S/C24H29NO3/c1-24(2,3)15-12-13-19-17(14-15)22(16-8-4-5-9-18(16)25-19)23(27)28-21-11-7-6-10-20(21)26/h4-5,8-9,15,21H,6-7,10-14H2,1-3H3/t15-,21+/m0/s1. The van der Waals surface area contributed by atoms with E-state index in [-0.39, 0.29) is 17.2 Å². The number of Topliss-reactive ketones (excluding diaryl/α,β-unsaturated/α-hetero) is 1. The van der Waals surface area contributed by atoms with Crippen LogP contribution in [0, 0.1) is 11.3 Å². The zero-order chi connectivity index (χ0) is 19.9. The lowest BCUT2D eigenvalue weighted by atomic mass is 9.70. The van der Waals surface area contributed by atoms with Crippen LogP contribution in [0.2, 0.25) is 0 Å². The van der Waals surface area contributed by atoms with E-state index >= 15 is 0 Å². The molecule has 0 N–H and O–H groups in total. The molecule has 1 aromatic carbocycles. The molecule has 2 aliphatic rings. The number of pyridine rings is 1. The van der Waals surface area contributed by atoms with E-state index in [0.717, 1.165) is 54.3 Å². The van der Waals surface area contributed by atoms with E-state index in [9.17, 15) is 9.59 Å². The molecule has 28 heavy (non-hydrogen) atoms. The fraction of sp³-hybridized carbons (Fsp3) is 0.542. The van der Waals surface area contributed by atoms with Crippen LogP contribution in [0.25, 0.3) is 10.9 Å². The van der Waals surface area contributed by atoms with Crippen molar-refractivity contribution in [1.82, 2.24) is 4.98 Å². The van der Waals surface area contributed by atoms with Crippen LogP contribution in [0.4, 0.5) is 0 Å². The van der Waals surface area contributed by atoms with Gasteiger partial charge in [-0.2, -0.15) is 0 Å². The maximum absolute atomic E-state index is 13.3. The highest BCUT2D eigenvalue weighted by molar-refractivity contribution is 6.06. The van der Waals surface area contributed by atoms with E-state index in [4.69, 9.17) is 9.72 Å². The predicted molar refractivity (Wildman–Crippen MR) is 109 cm³/mol.